The van der Waals surface area contributed by atoms with Crippen molar-refractivity contribution in [3.63, 3.8) is 0 Å². The average molecular weight is 141 g/mol. The molecule has 1 fully saturated rings. The maximum absolute atomic E-state index is 2.60. The van der Waals surface area contributed by atoms with Gasteiger partial charge in [0.15, 0.2) is 0 Å². The van der Waals surface area contributed by atoms with Gasteiger partial charge in [-0.25, -0.2) is 0 Å². The minimum absolute atomic E-state index is 0.536. The number of rotatable bonds is 2. The summed E-state index contributed by atoms with van der Waals surface area (Å²) in [7, 11) is 0. The third kappa shape index (κ3) is 1.20. The Hall–Kier alpha value is -0.0400. The molecule has 0 aliphatic carbocycles. The van der Waals surface area contributed by atoms with Crippen LogP contribution in [0.2, 0.25) is 0 Å². The quantitative estimate of drug-likeness (QED) is 0.570. The first-order valence-corrected chi connectivity index (χ1v) is 4.48. The summed E-state index contributed by atoms with van der Waals surface area (Å²) >= 11 is 0. The predicted octanol–water partition coefficient (Wildman–Crippen LogP) is 2.27. The van der Waals surface area contributed by atoms with Gasteiger partial charge in [-0.15, -0.1) is 0 Å². The molecule has 0 spiro atoms. The van der Waals surface area contributed by atoms with Gasteiger partial charge in [-0.1, -0.05) is 13.8 Å². The molecule has 1 unspecified atom stereocenters. The molecule has 0 N–H and O–H groups in total. The van der Waals surface area contributed by atoms with Crippen LogP contribution in [-0.2, 0) is 0 Å². The van der Waals surface area contributed by atoms with Crippen molar-refractivity contribution in [1.82, 2.24) is 4.90 Å². The molecule has 1 aliphatic rings. The van der Waals surface area contributed by atoms with Crippen LogP contribution in [0.15, 0.2) is 0 Å². The lowest BCUT2D eigenvalue weighted by Crippen LogP contribution is -2.40. The van der Waals surface area contributed by atoms with Gasteiger partial charge < -0.3 is 0 Å². The van der Waals surface area contributed by atoms with E-state index in [0.29, 0.717) is 5.54 Å². The van der Waals surface area contributed by atoms with Gasteiger partial charge in [0.25, 0.3) is 0 Å². The van der Waals surface area contributed by atoms with Crippen molar-refractivity contribution in [1.29, 1.82) is 0 Å². The van der Waals surface area contributed by atoms with Crippen LogP contribution in [0, 0.1) is 0 Å². The van der Waals surface area contributed by atoms with Gasteiger partial charge in [0.1, 0.15) is 0 Å². The van der Waals surface area contributed by atoms with Crippen LogP contribution in [0.4, 0.5) is 0 Å². The van der Waals surface area contributed by atoms with Crippen molar-refractivity contribution in [2.45, 2.75) is 45.6 Å². The Balaban J connectivity index is 2.56. The fourth-order valence-corrected chi connectivity index (χ4v) is 2.02. The third-order valence-electron chi connectivity index (χ3n) is 3.05. The van der Waals surface area contributed by atoms with E-state index in [4.69, 9.17) is 0 Å². The zero-order valence-electron chi connectivity index (χ0n) is 7.48. The molecule has 0 radical (unpaired) electrons. The molecule has 0 saturated carbocycles. The molecule has 0 aromatic carbocycles. The van der Waals surface area contributed by atoms with E-state index < -0.39 is 0 Å². The summed E-state index contributed by atoms with van der Waals surface area (Å²) in [6, 6.07) is 0. The summed E-state index contributed by atoms with van der Waals surface area (Å²) in [5.41, 5.74) is 0.536. The van der Waals surface area contributed by atoms with E-state index in [9.17, 15) is 0 Å². The lowest BCUT2D eigenvalue weighted by molar-refractivity contribution is 0.159. The van der Waals surface area contributed by atoms with E-state index in [1.54, 1.807) is 0 Å². The Labute approximate surface area is 64.4 Å². The number of hydrogen-bond acceptors (Lipinski definition) is 1. The summed E-state index contributed by atoms with van der Waals surface area (Å²) in [6.45, 7) is 9.50. The molecule has 60 valence electrons. The highest BCUT2D eigenvalue weighted by molar-refractivity contribution is 4.89. The van der Waals surface area contributed by atoms with E-state index in [1.165, 1.54) is 32.4 Å². The minimum Gasteiger partial charge on any atom is -0.298 e. The zero-order chi connectivity index (χ0) is 7.61. The normalized spacial score (nSPS) is 35.1. The van der Waals surface area contributed by atoms with E-state index in [2.05, 4.69) is 25.7 Å². The van der Waals surface area contributed by atoms with Crippen LogP contribution < -0.4 is 0 Å². The molecule has 1 saturated heterocycles. The summed E-state index contributed by atoms with van der Waals surface area (Å²) in [5, 5.41) is 0. The second-order valence-electron chi connectivity index (χ2n) is 3.53. The molecule has 1 nitrogen and oxygen atoms in total. The van der Waals surface area contributed by atoms with Crippen LogP contribution in [-0.4, -0.2) is 23.5 Å². The highest BCUT2D eigenvalue weighted by atomic mass is 15.2. The highest BCUT2D eigenvalue weighted by Gasteiger charge is 2.32. The molecule has 0 aromatic rings. The molecule has 0 amide bonds. The highest BCUT2D eigenvalue weighted by Crippen LogP contribution is 2.30. The standard InChI is InChI=1S/C9H19N/c1-4-9(3)7-6-8-10(9)5-2/h4-8H2,1-3H3. The lowest BCUT2D eigenvalue weighted by Gasteiger charge is -2.33. The fraction of sp³-hybridized carbons (Fsp3) is 1.00. The number of likely N-dealkylation sites (tertiary alicyclic amines) is 1. The largest absolute Gasteiger partial charge is 0.298 e. The van der Waals surface area contributed by atoms with Gasteiger partial charge in [-0.2, -0.15) is 0 Å². The van der Waals surface area contributed by atoms with Crippen molar-refractivity contribution in [3.05, 3.63) is 0 Å². The Kier molecular flexibility index (Phi) is 2.35. The van der Waals surface area contributed by atoms with Crippen molar-refractivity contribution >= 4 is 0 Å². The Morgan fingerprint density at radius 2 is 2.10 bits per heavy atom. The first-order chi connectivity index (χ1) is 4.73. The Morgan fingerprint density at radius 3 is 2.50 bits per heavy atom. The Morgan fingerprint density at radius 1 is 1.40 bits per heavy atom. The topological polar surface area (TPSA) is 3.24 Å². The maximum atomic E-state index is 2.60. The van der Waals surface area contributed by atoms with E-state index in [-0.39, 0.29) is 0 Å². The molecular weight excluding hydrogens is 122 g/mol. The summed E-state index contributed by atoms with van der Waals surface area (Å²) < 4.78 is 0. The molecule has 0 bridgehead atoms. The van der Waals surface area contributed by atoms with Gasteiger partial charge in [0.2, 0.25) is 0 Å². The van der Waals surface area contributed by atoms with Crippen molar-refractivity contribution in [3.8, 4) is 0 Å². The predicted molar refractivity (Wildman–Crippen MR) is 45.2 cm³/mol. The molecule has 1 atom stereocenters. The average Bonchev–Trinajstić information content (AvgIpc) is 2.32. The van der Waals surface area contributed by atoms with Gasteiger partial charge in [0, 0.05) is 5.54 Å². The van der Waals surface area contributed by atoms with Gasteiger partial charge in [0.05, 0.1) is 0 Å². The molecule has 1 rings (SSSR count). The third-order valence-corrected chi connectivity index (χ3v) is 3.05. The molecule has 1 aliphatic heterocycles. The molecule has 10 heavy (non-hydrogen) atoms. The SMILES string of the molecule is CCN1CCCC1(C)CC. The summed E-state index contributed by atoms with van der Waals surface area (Å²) in [5.74, 6) is 0. The van der Waals surface area contributed by atoms with Crippen LogP contribution in [0.5, 0.6) is 0 Å². The molecule has 1 heterocycles. The van der Waals surface area contributed by atoms with Gasteiger partial charge in [-0.3, -0.25) is 4.90 Å². The summed E-state index contributed by atoms with van der Waals surface area (Å²) in [6.07, 6.45) is 4.11. The van der Waals surface area contributed by atoms with Crippen LogP contribution in [0.25, 0.3) is 0 Å². The van der Waals surface area contributed by atoms with Crippen molar-refractivity contribution < 1.29 is 0 Å². The summed E-state index contributed by atoms with van der Waals surface area (Å²) in [4.78, 5) is 2.60. The Bertz CT molecular complexity index is 111. The van der Waals surface area contributed by atoms with E-state index in [1.807, 2.05) is 0 Å². The van der Waals surface area contributed by atoms with Crippen molar-refractivity contribution in [2.24, 2.45) is 0 Å². The van der Waals surface area contributed by atoms with E-state index in [0.717, 1.165) is 0 Å². The molecular formula is C9H19N. The van der Waals surface area contributed by atoms with Crippen LogP contribution in [0.3, 0.4) is 0 Å². The van der Waals surface area contributed by atoms with Crippen LogP contribution in [0.1, 0.15) is 40.0 Å². The van der Waals surface area contributed by atoms with Gasteiger partial charge >= 0.3 is 0 Å². The second kappa shape index (κ2) is 2.91. The van der Waals surface area contributed by atoms with Crippen LogP contribution >= 0.6 is 0 Å². The molecule has 1 heteroatoms. The maximum Gasteiger partial charge on any atom is 0.0179 e. The second-order valence-corrected chi connectivity index (χ2v) is 3.53. The molecule has 0 aromatic heterocycles. The number of nitrogens with zero attached hydrogens (tertiary/aromatic N) is 1. The lowest BCUT2D eigenvalue weighted by atomic mass is 9.96. The first kappa shape index (κ1) is 8.06. The van der Waals surface area contributed by atoms with Gasteiger partial charge in [-0.05, 0) is 39.3 Å². The first-order valence-electron chi connectivity index (χ1n) is 4.48. The smallest absolute Gasteiger partial charge is 0.0179 e. The monoisotopic (exact) mass is 141 g/mol. The zero-order valence-corrected chi connectivity index (χ0v) is 7.48. The number of hydrogen-bond donors (Lipinski definition) is 0. The van der Waals surface area contributed by atoms with E-state index >= 15 is 0 Å². The minimum atomic E-state index is 0.536. The fourth-order valence-electron chi connectivity index (χ4n) is 2.02. The van der Waals surface area contributed by atoms with Crippen molar-refractivity contribution in [2.75, 3.05) is 13.1 Å².